The number of likely N-dealkylation sites (tertiary alicyclic amines) is 1. The molecule has 2 fully saturated rings. The number of thiazole rings is 1. The van der Waals surface area contributed by atoms with Crippen molar-refractivity contribution in [3.63, 3.8) is 0 Å². The van der Waals surface area contributed by atoms with Crippen molar-refractivity contribution in [3.05, 3.63) is 39.2 Å². The molecule has 0 aliphatic carbocycles. The van der Waals surface area contributed by atoms with Gasteiger partial charge in [-0.1, -0.05) is 29.4 Å². The Balaban J connectivity index is 1.36. The number of carbonyl (C=O) groups is 1. The molecule has 0 atom stereocenters. The summed E-state index contributed by atoms with van der Waals surface area (Å²) in [4.78, 5) is 24.4. The van der Waals surface area contributed by atoms with Gasteiger partial charge in [-0.05, 0) is 55.9 Å². The van der Waals surface area contributed by atoms with Crippen LogP contribution in [-0.2, 0) is 4.79 Å². The van der Waals surface area contributed by atoms with Gasteiger partial charge in [0.15, 0.2) is 10.3 Å². The fraction of sp³-hybridized carbons (Fsp3) is 0.350. The number of amidine groups is 1. The molecule has 0 spiro atoms. The third-order valence-corrected chi connectivity index (χ3v) is 6.72. The predicted molar refractivity (Wildman–Crippen MR) is 125 cm³/mol. The number of nitrogens with two attached hydrogens (primary N) is 1. The van der Waals surface area contributed by atoms with Gasteiger partial charge in [-0.2, -0.15) is 0 Å². The van der Waals surface area contributed by atoms with Gasteiger partial charge in [-0.15, -0.1) is 0 Å². The number of piperidine rings is 1. The summed E-state index contributed by atoms with van der Waals surface area (Å²) in [6.45, 7) is 3.85. The van der Waals surface area contributed by atoms with Gasteiger partial charge in [-0.3, -0.25) is 9.69 Å². The summed E-state index contributed by atoms with van der Waals surface area (Å²) >= 11 is 8.96. The molecule has 1 aromatic heterocycles. The molecule has 2 saturated heterocycles. The van der Waals surface area contributed by atoms with E-state index in [1.165, 1.54) is 42.4 Å². The number of nitrogens with zero attached hydrogens (tertiary/aromatic N) is 3. The molecule has 3 N–H and O–H groups in total. The normalized spacial score (nSPS) is 20.1. The Bertz CT molecular complexity index is 985. The van der Waals surface area contributed by atoms with Crippen LogP contribution in [-0.4, -0.2) is 47.2 Å². The Morgan fingerprint density at radius 1 is 1.33 bits per heavy atom. The highest BCUT2D eigenvalue weighted by Crippen LogP contribution is 2.33. The zero-order chi connectivity index (χ0) is 20.9. The first-order valence-corrected chi connectivity index (χ1v) is 11.7. The Hall–Kier alpha value is -2.07. The number of hydrogen-bond donors (Lipinski definition) is 2. The van der Waals surface area contributed by atoms with Crippen molar-refractivity contribution in [3.8, 4) is 5.75 Å². The lowest BCUT2D eigenvalue weighted by Crippen LogP contribution is -2.33. The number of anilines is 1. The quantitative estimate of drug-likeness (QED) is 0.625. The topological polar surface area (TPSA) is 92.8 Å². The summed E-state index contributed by atoms with van der Waals surface area (Å²) in [5.74, 6) is 0.506. The van der Waals surface area contributed by atoms with E-state index in [9.17, 15) is 4.79 Å². The summed E-state index contributed by atoms with van der Waals surface area (Å²) in [6.07, 6.45) is 7.25. The molecule has 30 heavy (non-hydrogen) atoms. The molecule has 0 bridgehead atoms. The number of amides is 1. The van der Waals surface area contributed by atoms with Crippen LogP contribution in [0.3, 0.4) is 0 Å². The molecular formula is C20H22ClN5O2S2. The van der Waals surface area contributed by atoms with Gasteiger partial charge in [0.25, 0.3) is 5.91 Å². The maximum absolute atomic E-state index is 12.2. The van der Waals surface area contributed by atoms with Crippen LogP contribution in [0, 0.1) is 0 Å². The molecule has 1 amide bonds. The Morgan fingerprint density at radius 2 is 2.17 bits per heavy atom. The molecule has 158 valence electrons. The van der Waals surface area contributed by atoms with Crippen molar-refractivity contribution < 1.29 is 9.53 Å². The van der Waals surface area contributed by atoms with Crippen molar-refractivity contribution in [1.29, 1.82) is 0 Å². The maximum atomic E-state index is 12.2. The van der Waals surface area contributed by atoms with E-state index in [1.807, 2.05) is 6.07 Å². The fourth-order valence-corrected chi connectivity index (χ4v) is 4.97. The summed E-state index contributed by atoms with van der Waals surface area (Å²) in [7, 11) is 0. The second-order valence-electron chi connectivity index (χ2n) is 6.95. The van der Waals surface area contributed by atoms with E-state index >= 15 is 0 Å². The summed E-state index contributed by atoms with van der Waals surface area (Å²) in [6, 6.07) is 5.40. The maximum Gasteiger partial charge on any atom is 0.264 e. The van der Waals surface area contributed by atoms with Crippen LogP contribution in [0.4, 0.5) is 10.8 Å². The average molecular weight is 464 g/mol. The molecule has 7 nitrogen and oxygen atoms in total. The first-order chi connectivity index (χ1) is 14.6. The molecule has 2 aliphatic heterocycles. The standard InChI is InChI=1S/C20H22ClN5O2S2/c21-15-10-13(28-9-8-26-6-2-1-3-7-26)4-5-16(15)24-20-25-18(27)17(30-20)11-14-12-23-19(22)29-14/h4-5,10-12H,1-3,6-9H2,(H2,22,23)(H,24,25,27). The van der Waals surface area contributed by atoms with Gasteiger partial charge in [0.1, 0.15) is 12.4 Å². The monoisotopic (exact) mass is 463 g/mol. The largest absolute Gasteiger partial charge is 0.492 e. The lowest BCUT2D eigenvalue weighted by atomic mass is 10.1. The van der Waals surface area contributed by atoms with E-state index in [1.54, 1.807) is 24.4 Å². The predicted octanol–water partition coefficient (Wildman–Crippen LogP) is 4.14. The zero-order valence-corrected chi connectivity index (χ0v) is 18.7. The Kier molecular flexibility index (Phi) is 6.93. The summed E-state index contributed by atoms with van der Waals surface area (Å²) in [5, 5.41) is 4.17. The lowest BCUT2D eigenvalue weighted by Gasteiger charge is -2.26. The second kappa shape index (κ2) is 9.82. The van der Waals surface area contributed by atoms with Gasteiger partial charge >= 0.3 is 0 Å². The van der Waals surface area contributed by atoms with Crippen molar-refractivity contribution in [2.45, 2.75) is 19.3 Å². The van der Waals surface area contributed by atoms with Gasteiger partial charge in [0, 0.05) is 18.8 Å². The molecule has 0 saturated carbocycles. The minimum atomic E-state index is -0.209. The average Bonchev–Trinajstić information content (AvgIpc) is 3.30. The smallest absolute Gasteiger partial charge is 0.264 e. The molecule has 0 unspecified atom stereocenters. The third-order valence-electron chi connectivity index (χ3n) is 4.73. The highest BCUT2D eigenvalue weighted by atomic mass is 35.5. The lowest BCUT2D eigenvalue weighted by molar-refractivity contribution is -0.115. The summed E-state index contributed by atoms with van der Waals surface area (Å²) in [5.41, 5.74) is 6.21. The Labute approximate surface area is 188 Å². The fourth-order valence-electron chi connectivity index (χ4n) is 3.23. The van der Waals surface area contributed by atoms with Crippen LogP contribution in [0.15, 0.2) is 34.3 Å². The minimum Gasteiger partial charge on any atom is -0.492 e. The number of nitrogens with one attached hydrogen (secondary N) is 1. The molecule has 1 aromatic carbocycles. The number of rotatable bonds is 6. The number of halogens is 1. The number of ether oxygens (including phenoxy) is 1. The van der Waals surface area contributed by atoms with E-state index in [0.29, 0.717) is 38.3 Å². The molecule has 4 rings (SSSR count). The highest BCUT2D eigenvalue weighted by molar-refractivity contribution is 8.18. The van der Waals surface area contributed by atoms with E-state index in [0.717, 1.165) is 24.5 Å². The van der Waals surface area contributed by atoms with Gasteiger partial charge in [-0.25, -0.2) is 9.98 Å². The van der Waals surface area contributed by atoms with E-state index in [-0.39, 0.29) is 5.91 Å². The minimum absolute atomic E-state index is 0.209. The number of benzene rings is 1. The van der Waals surface area contributed by atoms with Crippen molar-refractivity contribution in [1.82, 2.24) is 15.2 Å². The van der Waals surface area contributed by atoms with Crippen LogP contribution in [0.2, 0.25) is 5.02 Å². The van der Waals surface area contributed by atoms with Gasteiger partial charge < -0.3 is 15.8 Å². The van der Waals surface area contributed by atoms with Crippen molar-refractivity contribution in [2.75, 3.05) is 32.0 Å². The second-order valence-corrected chi connectivity index (χ2v) is 9.48. The summed E-state index contributed by atoms with van der Waals surface area (Å²) < 4.78 is 5.84. The van der Waals surface area contributed by atoms with Crippen LogP contribution in [0.5, 0.6) is 5.75 Å². The number of aromatic nitrogens is 1. The number of aliphatic imine (C=N–C) groups is 1. The Morgan fingerprint density at radius 3 is 2.90 bits per heavy atom. The van der Waals surface area contributed by atoms with E-state index < -0.39 is 0 Å². The zero-order valence-electron chi connectivity index (χ0n) is 16.3. The molecule has 3 heterocycles. The van der Waals surface area contributed by atoms with Crippen LogP contribution in [0.1, 0.15) is 24.1 Å². The van der Waals surface area contributed by atoms with Gasteiger partial charge in [0.05, 0.1) is 20.5 Å². The van der Waals surface area contributed by atoms with Crippen LogP contribution >= 0.6 is 34.7 Å². The third kappa shape index (κ3) is 5.54. The first kappa shape index (κ1) is 21.2. The number of thioether (sulfide) groups is 1. The SMILES string of the molecule is Nc1ncc(C=C2SC(=Nc3ccc(OCCN4CCCCC4)cc3Cl)NC2=O)s1. The molecular weight excluding hydrogens is 442 g/mol. The van der Waals surface area contributed by atoms with E-state index in [2.05, 4.69) is 20.2 Å². The molecule has 10 heteroatoms. The number of hydrogen-bond acceptors (Lipinski definition) is 8. The van der Waals surface area contributed by atoms with E-state index in [4.69, 9.17) is 22.1 Å². The molecule has 2 aliphatic rings. The number of nitrogen functional groups attached to an aromatic ring is 1. The number of carbonyl (C=O) groups excluding carboxylic acids is 1. The van der Waals surface area contributed by atoms with Gasteiger partial charge in [0.2, 0.25) is 0 Å². The van der Waals surface area contributed by atoms with Crippen LogP contribution in [0.25, 0.3) is 6.08 Å². The highest BCUT2D eigenvalue weighted by Gasteiger charge is 2.24. The molecule has 0 radical (unpaired) electrons. The van der Waals surface area contributed by atoms with Crippen LogP contribution < -0.4 is 15.8 Å². The molecule has 2 aromatic rings. The van der Waals surface area contributed by atoms with Crippen molar-refractivity contribution in [2.24, 2.45) is 4.99 Å². The van der Waals surface area contributed by atoms with Crippen molar-refractivity contribution >= 4 is 62.7 Å². The first-order valence-electron chi connectivity index (χ1n) is 9.72.